The van der Waals surface area contributed by atoms with Crippen LogP contribution in [0.5, 0.6) is 0 Å². The van der Waals surface area contributed by atoms with E-state index >= 15 is 0 Å². The molecule has 4 heteroatoms. The smallest absolute Gasteiger partial charge is 0.220 e. The zero-order chi connectivity index (χ0) is 13.5. The zero-order valence-corrected chi connectivity index (χ0v) is 12.2. The molecule has 0 saturated carbocycles. The number of nitrogens with one attached hydrogen (secondary N) is 1. The monoisotopic (exact) mass is 269 g/mol. The van der Waals surface area contributed by atoms with Gasteiger partial charge < -0.3 is 10.4 Å². The number of rotatable bonds is 7. The van der Waals surface area contributed by atoms with Gasteiger partial charge in [0, 0.05) is 13.0 Å². The lowest BCUT2D eigenvalue weighted by Gasteiger charge is -2.19. The first-order chi connectivity index (χ1) is 8.54. The summed E-state index contributed by atoms with van der Waals surface area (Å²) in [6.07, 6.45) is 0.960. The van der Waals surface area contributed by atoms with Gasteiger partial charge >= 0.3 is 0 Å². The van der Waals surface area contributed by atoms with Crippen molar-refractivity contribution < 1.29 is 9.90 Å². The molecule has 1 aromatic rings. The van der Waals surface area contributed by atoms with Crippen LogP contribution in [-0.4, -0.2) is 17.6 Å². The summed E-state index contributed by atoms with van der Waals surface area (Å²) in [6.45, 7) is 6.69. The molecule has 0 fully saturated rings. The number of carbonyl (C=O) groups excluding carboxylic acids is 1. The largest absolute Gasteiger partial charge is 0.387 e. The van der Waals surface area contributed by atoms with E-state index in [0.29, 0.717) is 24.8 Å². The average molecular weight is 269 g/mol. The molecule has 1 heterocycles. The molecule has 102 valence electrons. The fourth-order valence-corrected chi connectivity index (χ4v) is 2.66. The van der Waals surface area contributed by atoms with E-state index in [4.69, 9.17) is 0 Å². The molecule has 0 aliphatic carbocycles. The van der Waals surface area contributed by atoms with Crippen LogP contribution in [0.25, 0.3) is 0 Å². The Morgan fingerprint density at radius 2 is 2.22 bits per heavy atom. The van der Waals surface area contributed by atoms with Gasteiger partial charge in [-0.1, -0.05) is 27.2 Å². The number of hydrogen-bond acceptors (Lipinski definition) is 3. The molecule has 0 aliphatic rings. The SMILES string of the molecule is CCC(CC(=O)NCC(O)c1ccsc1)C(C)C. The topological polar surface area (TPSA) is 49.3 Å². The molecule has 0 aromatic carbocycles. The predicted octanol–water partition coefficient (Wildman–Crippen LogP) is 2.97. The Morgan fingerprint density at radius 3 is 2.72 bits per heavy atom. The Hall–Kier alpha value is -0.870. The van der Waals surface area contributed by atoms with Crippen LogP contribution in [0.4, 0.5) is 0 Å². The van der Waals surface area contributed by atoms with Crippen molar-refractivity contribution in [3.8, 4) is 0 Å². The van der Waals surface area contributed by atoms with Crippen LogP contribution in [0.15, 0.2) is 16.8 Å². The average Bonchev–Trinajstić information content (AvgIpc) is 2.86. The van der Waals surface area contributed by atoms with Crippen molar-refractivity contribution in [2.24, 2.45) is 11.8 Å². The number of amides is 1. The molecule has 0 radical (unpaired) electrons. The van der Waals surface area contributed by atoms with Crippen molar-refractivity contribution in [1.29, 1.82) is 0 Å². The molecule has 1 rings (SSSR count). The van der Waals surface area contributed by atoms with Gasteiger partial charge in [0.1, 0.15) is 0 Å². The van der Waals surface area contributed by atoms with Crippen LogP contribution in [0.2, 0.25) is 0 Å². The third-order valence-corrected chi connectivity index (χ3v) is 4.04. The highest BCUT2D eigenvalue weighted by Gasteiger charge is 2.16. The maximum absolute atomic E-state index is 11.8. The summed E-state index contributed by atoms with van der Waals surface area (Å²) >= 11 is 1.55. The molecule has 2 unspecified atom stereocenters. The predicted molar refractivity (Wildman–Crippen MR) is 75.5 cm³/mol. The second-order valence-corrected chi connectivity index (χ2v) is 5.77. The van der Waals surface area contributed by atoms with E-state index in [2.05, 4.69) is 26.1 Å². The van der Waals surface area contributed by atoms with Crippen LogP contribution in [0, 0.1) is 11.8 Å². The molecule has 1 aromatic heterocycles. The summed E-state index contributed by atoms with van der Waals surface area (Å²) in [5.74, 6) is 0.968. The minimum absolute atomic E-state index is 0.0322. The molecule has 1 amide bonds. The molecule has 0 spiro atoms. The minimum atomic E-state index is -0.598. The normalized spacial score (nSPS) is 14.5. The van der Waals surface area contributed by atoms with Crippen molar-refractivity contribution in [1.82, 2.24) is 5.32 Å². The Kier molecular flexibility index (Phi) is 6.36. The van der Waals surface area contributed by atoms with Gasteiger partial charge in [-0.05, 0) is 34.2 Å². The maximum atomic E-state index is 11.8. The van der Waals surface area contributed by atoms with Gasteiger partial charge in [-0.3, -0.25) is 4.79 Å². The van der Waals surface area contributed by atoms with Crippen LogP contribution in [0.1, 0.15) is 45.3 Å². The Labute approximate surface area is 113 Å². The second kappa shape index (κ2) is 7.54. The summed E-state index contributed by atoms with van der Waals surface area (Å²) in [5.41, 5.74) is 0.871. The van der Waals surface area contributed by atoms with Gasteiger partial charge in [0.2, 0.25) is 5.91 Å². The molecule has 2 N–H and O–H groups in total. The fraction of sp³-hybridized carbons (Fsp3) is 0.643. The van der Waals surface area contributed by atoms with Crippen molar-refractivity contribution in [2.45, 2.75) is 39.7 Å². The highest BCUT2D eigenvalue weighted by atomic mass is 32.1. The van der Waals surface area contributed by atoms with Crippen LogP contribution in [0.3, 0.4) is 0 Å². The van der Waals surface area contributed by atoms with E-state index in [1.807, 2.05) is 16.8 Å². The summed E-state index contributed by atoms with van der Waals surface area (Å²) in [5, 5.41) is 16.5. The van der Waals surface area contributed by atoms with E-state index in [-0.39, 0.29) is 5.91 Å². The summed E-state index contributed by atoms with van der Waals surface area (Å²) in [7, 11) is 0. The van der Waals surface area contributed by atoms with Gasteiger partial charge in [0.25, 0.3) is 0 Å². The molecule has 0 aliphatic heterocycles. The zero-order valence-electron chi connectivity index (χ0n) is 11.3. The van der Waals surface area contributed by atoms with Gasteiger partial charge in [-0.25, -0.2) is 0 Å². The van der Waals surface area contributed by atoms with E-state index in [1.54, 1.807) is 11.3 Å². The fourth-order valence-electron chi connectivity index (χ4n) is 1.95. The van der Waals surface area contributed by atoms with Crippen molar-refractivity contribution in [2.75, 3.05) is 6.54 Å². The summed E-state index contributed by atoms with van der Waals surface area (Å²) in [6, 6.07) is 1.88. The Bertz CT molecular complexity index is 349. The quantitative estimate of drug-likeness (QED) is 0.799. The van der Waals surface area contributed by atoms with Crippen molar-refractivity contribution >= 4 is 17.2 Å². The lowest BCUT2D eigenvalue weighted by molar-refractivity contribution is -0.122. The molecule has 2 atom stereocenters. The number of carbonyl (C=O) groups is 1. The van der Waals surface area contributed by atoms with E-state index in [0.717, 1.165) is 12.0 Å². The maximum Gasteiger partial charge on any atom is 0.220 e. The lowest BCUT2D eigenvalue weighted by atomic mass is 9.90. The second-order valence-electron chi connectivity index (χ2n) is 4.99. The standard InChI is InChI=1S/C14H23NO2S/c1-4-11(10(2)3)7-14(17)15-8-13(16)12-5-6-18-9-12/h5-6,9-11,13,16H,4,7-8H2,1-3H3,(H,15,17). The number of thiophene rings is 1. The summed E-state index contributed by atoms with van der Waals surface area (Å²) in [4.78, 5) is 11.8. The van der Waals surface area contributed by atoms with Gasteiger partial charge in [-0.2, -0.15) is 11.3 Å². The first kappa shape index (κ1) is 15.2. The number of aliphatic hydroxyl groups excluding tert-OH is 1. The highest BCUT2D eigenvalue weighted by Crippen LogP contribution is 2.19. The highest BCUT2D eigenvalue weighted by molar-refractivity contribution is 7.07. The molecule has 0 saturated heterocycles. The molecule has 3 nitrogen and oxygen atoms in total. The molecular formula is C14H23NO2S. The first-order valence-electron chi connectivity index (χ1n) is 6.51. The van der Waals surface area contributed by atoms with Crippen molar-refractivity contribution in [3.05, 3.63) is 22.4 Å². The first-order valence-corrected chi connectivity index (χ1v) is 7.45. The van der Waals surface area contributed by atoms with Gasteiger partial charge in [-0.15, -0.1) is 0 Å². The van der Waals surface area contributed by atoms with Crippen LogP contribution >= 0.6 is 11.3 Å². The van der Waals surface area contributed by atoms with Gasteiger partial charge in [0.05, 0.1) is 6.10 Å². The summed E-state index contributed by atoms with van der Waals surface area (Å²) < 4.78 is 0. The number of aliphatic hydroxyl groups is 1. The third kappa shape index (κ3) is 4.78. The van der Waals surface area contributed by atoms with Crippen LogP contribution in [-0.2, 0) is 4.79 Å². The minimum Gasteiger partial charge on any atom is -0.387 e. The molecular weight excluding hydrogens is 246 g/mol. The van der Waals surface area contributed by atoms with Crippen molar-refractivity contribution in [3.63, 3.8) is 0 Å². The number of hydrogen-bond donors (Lipinski definition) is 2. The lowest BCUT2D eigenvalue weighted by Crippen LogP contribution is -2.30. The van der Waals surface area contributed by atoms with Gasteiger partial charge in [0.15, 0.2) is 0 Å². The van der Waals surface area contributed by atoms with E-state index < -0.39 is 6.10 Å². The Morgan fingerprint density at radius 1 is 1.50 bits per heavy atom. The third-order valence-electron chi connectivity index (χ3n) is 3.34. The van der Waals surface area contributed by atoms with E-state index in [9.17, 15) is 9.90 Å². The Balaban J connectivity index is 2.33. The van der Waals surface area contributed by atoms with E-state index in [1.165, 1.54) is 0 Å². The molecule has 0 bridgehead atoms. The molecule has 18 heavy (non-hydrogen) atoms. The van der Waals surface area contributed by atoms with Crippen LogP contribution < -0.4 is 5.32 Å².